The largest absolute Gasteiger partial charge is 0.416 e. The van der Waals surface area contributed by atoms with E-state index in [-0.39, 0.29) is 5.02 Å². The third kappa shape index (κ3) is 2.42. The Kier molecular flexibility index (Phi) is 3.06. The van der Waals surface area contributed by atoms with E-state index in [4.69, 9.17) is 17.3 Å². The molecule has 3 aromatic rings. The van der Waals surface area contributed by atoms with Crippen LogP contribution in [0.4, 0.5) is 18.9 Å². The molecule has 0 spiro atoms. The predicted octanol–water partition coefficient (Wildman–Crippen LogP) is 4.28. The lowest BCUT2D eigenvalue weighted by atomic mass is 10.2. The number of imidazole rings is 1. The van der Waals surface area contributed by atoms with Crippen molar-refractivity contribution in [2.24, 2.45) is 0 Å². The van der Waals surface area contributed by atoms with Gasteiger partial charge in [0.25, 0.3) is 0 Å². The molecule has 0 saturated carbocycles. The molecule has 21 heavy (non-hydrogen) atoms. The molecule has 0 bridgehead atoms. The van der Waals surface area contributed by atoms with E-state index in [0.29, 0.717) is 22.4 Å². The molecule has 0 unspecified atom stereocenters. The van der Waals surface area contributed by atoms with Crippen LogP contribution < -0.4 is 5.73 Å². The minimum Gasteiger partial charge on any atom is -0.399 e. The van der Waals surface area contributed by atoms with Gasteiger partial charge in [0.15, 0.2) is 0 Å². The molecular formula is C14H9ClF3N3. The van der Waals surface area contributed by atoms with Crippen molar-refractivity contribution in [1.29, 1.82) is 0 Å². The molecular weight excluding hydrogens is 303 g/mol. The number of alkyl halides is 3. The Balaban J connectivity index is 2.15. The molecule has 7 heteroatoms. The summed E-state index contributed by atoms with van der Waals surface area (Å²) in [5.41, 5.74) is 7.23. The fourth-order valence-electron chi connectivity index (χ4n) is 2.10. The molecule has 3 rings (SSSR count). The minimum absolute atomic E-state index is 0.000880. The van der Waals surface area contributed by atoms with Crippen LogP contribution in [0.2, 0.25) is 5.02 Å². The summed E-state index contributed by atoms with van der Waals surface area (Å²) in [7, 11) is 0. The number of hydrogen-bond acceptors (Lipinski definition) is 2. The summed E-state index contributed by atoms with van der Waals surface area (Å²) in [5.74, 6) is 0. The first kappa shape index (κ1) is 13.8. The number of nitrogen functional groups attached to an aromatic ring is 1. The van der Waals surface area contributed by atoms with Crippen molar-refractivity contribution in [2.75, 3.05) is 5.73 Å². The minimum atomic E-state index is -4.42. The maximum atomic E-state index is 12.6. The van der Waals surface area contributed by atoms with Gasteiger partial charge in [-0.1, -0.05) is 11.6 Å². The van der Waals surface area contributed by atoms with Crippen molar-refractivity contribution in [3.05, 3.63) is 53.3 Å². The zero-order chi connectivity index (χ0) is 15.2. The molecule has 108 valence electrons. The number of anilines is 1. The van der Waals surface area contributed by atoms with Gasteiger partial charge in [-0.2, -0.15) is 13.2 Å². The summed E-state index contributed by atoms with van der Waals surface area (Å²) in [6.45, 7) is 0. The van der Waals surface area contributed by atoms with Gasteiger partial charge in [0.1, 0.15) is 6.33 Å². The first-order valence-corrected chi connectivity index (χ1v) is 6.34. The first-order valence-electron chi connectivity index (χ1n) is 5.96. The summed E-state index contributed by atoms with van der Waals surface area (Å²) >= 11 is 5.99. The molecule has 1 aromatic heterocycles. The molecule has 0 aliphatic rings. The van der Waals surface area contributed by atoms with E-state index in [1.807, 2.05) is 0 Å². The number of fused-ring (bicyclic) bond motifs is 1. The highest BCUT2D eigenvalue weighted by Gasteiger charge is 2.31. The molecule has 0 amide bonds. The summed E-state index contributed by atoms with van der Waals surface area (Å²) in [5, 5.41) is 0.000880. The van der Waals surface area contributed by atoms with Gasteiger partial charge < -0.3 is 5.73 Å². The molecule has 0 aliphatic carbocycles. The van der Waals surface area contributed by atoms with Crippen LogP contribution in [0.1, 0.15) is 5.56 Å². The van der Waals surface area contributed by atoms with E-state index in [9.17, 15) is 13.2 Å². The summed E-state index contributed by atoms with van der Waals surface area (Å²) in [6.07, 6.45) is -2.92. The molecule has 0 atom stereocenters. The molecule has 0 saturated heterocycles. The second kappa shape index (κ2) is 4.66. The Labute approximate surface area is 122 Å². The average Bonchev–Trinajstić information content (AvgIpc) is 2.80. The maximum absolute atomic E-state index is 12.6. The topological polar surface area (TPSA) is 43.8 Å². The van der Waals surface area contributed by atoms with Crippen LogP contribution in [-0.4, -0.2) is 9.55 Å². The van der Waals surface area contributed by atoms with E-state index < -0.39 is 11.7 Å². The highest BCUT2D eigenvalue weighted by atomic mass is 35.5. The Bertz CT molecular complexity index is 824. The lowest BCUT2D eigenvalue weighted by molar-refractivity contribution is -0.137. The summed E-state index contributed by atoms with van der Waals surface area (Å²) < 4.78 is 39.6. The van der Waals surface area contributed by atoms with Crippen molar-refractivity contribution in [2.45, 2.75) is 6.18 Å². The van der Waals surface area contributed by atoms with Gasteiger partial charge in [-0.05, 0) is 36.4 Å². The van der Waals surface area contributed by atoms with Gasteiger partial charge in [-0.3, -0.25) is 4.57 Å². The van der Waals surface area contributed by atoms with E-state index in [2.05, 4.69) is 4.98 Å². The first-order chi connectivity index (χ1) is 9.86. The fourth-order valence-corrected chi connectivity index (χ4v) is 2.37. The van der Waals surface area contributed by atoms with Crippen molar-refractivity contribution in [1.82, 2.24) is 9.55 Å². The van der Waals surface area contributed by atoms with Crippen molar-refractivity contribution in [3.63, 3.8) is 0 Å². The standard InChI is InChI=1S/C14H9ClF3N3/c15-10-5-8(14(16,17)18)1-3-12(10)21-7-20-11-6-9(19)2-4-13(11)21/h1-7H,19H2. The Morgan fingerprint density at radius 2 is 1.86 bits per heavy atom. The fraction of sp³-hybridized carbons (Fsp3) is 0.0714. The summed E-state index contributed by atoms with van der Waals surface area (Å²) in [6, 6.07) is 8.33. The molecule has 3 nitrogen and oxygen atoms in total. The average molecular weight is 312 g/mol. The van der Waals surface area contributed by atoms with Crippen molar-refractivity contribution in [3.8, 4) is 5.69 Å². The number of halogens is 4. The number of benzene rings is 2. The van der Waals surface area contributed by atoms with Gasteiger partial charge in [0.2, 0.25) is 0 Å². The Morgan fingerprint density at radius 3 is 2.52 bits per heavy atom. The molecule has 0 aliphatic heterocycles. The second-order valence-electron chi connectivity index (χ2n) is 4.53. The number of rotatable bonds is 1. The molecule has 0 fully saturated rings. The second-order valence-corrected chi connectivity index (χ2v) is 4.93. The van der Waals surface area contributed by atoms with E-state index in [1.54, 1.807) is 22.8 Å². The van der Waals surface area contributed by atoms with Gasteiger partial charge in [0, 0.05) is 5.69 Å². The monoisotopic (exact) mass is 311 g/mol. The normalized spacial score (nSPS) is 12.0. The van der Waals surface area contributed by atoms with Gasteiger partial charge in [-0.15, -0.1) is 0 Å². The van der Waals surface area contributed by atoms with Crippen LogP contribution in [0.3, 0.4) is 0 Å². The molecule has 1 heterocycles. The van der Waals surface area contributed by atoms with E-state index in [0.717, 1.165) is 12.1 Å². The zero-order valence-electron chi connectivity index (χ0n) is 10.5. The predicted molar refractivity (Wildman–Crippen MR) is 75.5 cm³/mol. The van der Waals surface area contributed by atoms with Crippen molar-refractivity contribution >= 4 is 28.3 Å². The number of nitrogens with two attached hydrogens (primary N) is 1. The van der Waals surface area contributed by atoms with Crippen LogP contribution in [0.25, 0.3) is 16.7 Å². The van der Waals surface area contributed by atoms with E-state index >= 15 is 0 Å². The van der Waals surface area contributed by atoms with Crippen LogP contribution >= 0.6 is 11.6 Å². The van der Waals surface area contributed by atoms with Crippen LogP contribution in [0.5, 0.6) is 0 Å². The number of hydrogen-bond donors (Lipinski definition) is 1. The van der Waals surface area contributed by atoms with Gasteiger partial charge in [0.05, 0.1) is 27.3 Å². The lowest BCUT2D eigenvalue weighted by Crippen LogP contribution is -2.05. The van der Waals surface area contributed by atoms with Gasteiger partial charge >= 0.3 is 6.18 Å². The molecule has 2 aromatic carbocycles. The van der Waals surface area contributed by atoms with Crippen LogP contribution in [0.15, 0.2) is 42.7 Å². The SMILES string of the molecule is Nc1ccc2c(c1)ncn2-c1ccc(C(F)(F)F)cc1Cl. The van der Waals surface area contributed by atoms with Crippen molar-refractivity contribution < 1.29 is 13.2 Å². The molecule has 0 radical (unpaired) electrons. The maximum Gasteiger partial charge on any atom is 0.416 e. The highest BCUT2D eigenvalue weighted by molar-refractivity contribution is 6.32. The number of aromatic nitrogens is 2. The lowest BCUT2D eigenvalue weighted by Gasteiger charge is -2.11. The quantitative estimate of drug-likeness (QED) is 0.682. The van der Waals surface area contributed by atoms with Gasteiger partial charge in [-0.25, -0.2) is 4.98 Å². The highest BCUT2D eigenvalue weighted by Crippen LogP contribution is 2.34. The smallest absolute Gasteiger partial charge is 0.399 e. The third-order valence-corrected chi connectivity index (χ3v) is 3.41. The van der Waals surface area contributed by atoms with Crippen LogP contribution in [-0.2, 0) is 6.18 Å². The van der Waals surface area contributed by atoms with Crippen LogP contribution in [0, 0.1) is 0 Å². The summed E-state index contributed by atoms with van der Waals surface area (Å²) in [4.78, 5) is 4.17. The Morgan fingerprint density at radius 1 is 1.10 bits per heavy atom. The molecule has 2 N–H and O–H groups in total. The third-order valence-electron chi connectivity index (χ3n) is 3.11. The zero-order valence-corrected chi connectivity index (χ0v) is 11.3. The number of nitrogens with zero attached hydrogens (tertiary/aromatic N) is 2. The van der Waals surface area contributed by atoms with E-state index in [1.165, 1.54) is 12.4 Å². The Hall–Kier alpha value is -2.21.